The average molecular weight is 612 g/mol. The molecule has 2 amide bonds. The standard InChI is InChI=1S/C36H41N3O4S/c1-5-20-37-36(41)34(24-30-12-8-6-9-13-30)38(25-31-14-10-7-11-15-31)35(40)26-39(32-22-28(3)21-29(4)23-32)44(42,43)33-18-16-27(2)17-19-33/h6-19,21-23,34H,5,20,24-26H2,1-4H3,(H,37,41). The van der Waals surface area contributed by atoms with Gasteiger partial charge in [-0.25, -0.2) is 8.42 Å². The Morgan fingerprint density at radius 2 is 1.32 bits per heavy atom. The molecule has 0 aromatic heterocycles. The van der Waals surface area contributed by atoms with Gasteiger partial charge in [-0.15, -0.1) is 0 Å². The van der Waals surface area contributed by atoms with E-state index in [-0.39, 0.29) is 23.8 Å². The molecule has 0 spiro atoms. The second kappa shape index (κ2) is 14.8. The number of benzene rings is 4. The molecule has 44 heavy (non-hydrogen) atoms. The Morgan fingerprint density at radius 1 is 0.750 bits per heavy atom. The summed E-state index contributed by atoms with van der Waals surface area (Å²) in [6.45, 7) is 7.78. The fraction of sp³-hybridized carbons (Fsp3) is 0.278. The maximum absolute atomic E-state index is 14.5. The maximum Gasteiger partial charge on any atom is 0.264 e. The summed E-state index contributed by atoms with van der Waals surface area (Å²) in [5.41, 5.74) is 4.80. The lowest BCUT2D eigenvalue weighted by molar-refractivity contribution is -0.140. The monoisotopic (exact) mass is 611 g/mol. The number of amides is 2. The fourth-order valence-electron chi connectivity index (χ4n) is 5.16. The Morgan fingerprint density at radius 3 is 1.89 bits per heavy atom. The van der Waals surface area contributed by atoms with E-state index >= 15 is 0 Å². The first-order valence-corrected chi connectivity index (χ1v) is 16.3. The minimum Gasteiger partial charge on any atom is -0.354 e. The molecule has 230 valence electrons. The van der Waals surface area contributed by atoms with Crippen LogP contribution in [0.25, 0.3) is 0 Å². The Bertz CT molecular complexity index is 1640. The molecule has 0 aliphatic rings. The van der Waals surface area contributed by atoms with Crippen molar-refractivity contribution < 1.29 is 18.0 Å². The number of nitrogens with one attached hydrogen (secondary N) is 1. The number of nitrogens with zero attached hydrogens (tertiary/aromatic N) is 2. The van der Waals surface area contributed by atoms with Crippen LogP contribution in [0, 0.1) is 20.8 Å². The number of rotatable bonds is 13. The summed E-state index contributed by atoms with van der Waals surface area (Å²) in [5.74, 6) is -0.754. The predicted molar refractivity (Wildman–Crippen MR) is 176 cm³/mol. The molecule has 0 heterocycles. The molecule has 0 radical (unpaired) electrons. The summed E-state index contributed by atoms with van der Waals surface area (Å²) in [4.78, 5) is 29.8. The van der Waals surface area contributed by atoms with Gasteiger partial charge in [0.1, 0.15) is 12.6 Å². The van der Waals surface area contributed by atoms with E-state index in [1.807, 2.05) is 94.4 Å². The van der Waals surface area contributed by atoms with E-state index in [1.54, 1.807) is 36.4 Å². The van der Waals surface area contributed by atoms with Crippen LogP contribution in [-0.2, 0) is 32.6 Å². The third kappa shape index (κ3) is 8.35. The summed E-state index contributed by atoms with van der Waals surface area (Å²) >= 11 is 0. The van der Waals surface area contributed by atoms with Crippen molar-refractivity contribution in [2.45, 2.75) is 58.0 Å². The van der Waals surface area contributed by atoms with E-state index in [9.17, 15) is 18.0 Å². The van der Waals surface area contributed by atoms with Gasteiger partial charge in [0.25, 0.3) is 10.0 Å². The SMILES string of the molecule is CCCNC(=O)C(Cc1ccccc1)N(Cc1ccccc1)C(=O)CN(c1cc(C)cc(C)c1)S(=O)(=O)c1ccc(C)cc1. The molecule has 1 atom stereocenters. The molecule has 4 aromatic carbocycles. The first kappa shape index (κ1) is 32.5. The third-order valence-corrected chi connectivity index (χ3v) is 9.19. The van der Waals surface area contributed by atoms with E-state index in [4.69, 9.17) is 0 Å². The van der Waals surface area contributed by atoms with Crippen LogP contribution in [0.5, 0.6) is 0 Å². The van der Waals surface area contributed by atoms with E-state index < -0.39 is 28.5 Å². The minimum atomic E-state index is -4.14. The molecular formula is C36H41N3O4S. The zero-order chi connectivity index (χ0) is 31.7. The highest BCUT2D eigenvalue weighted by atomic mass is 32.2. The van der Waals surface area contributed by atoms with Crippen molar-refractivity contribution in [2.24, 2.45) is 0 Å². The maximum atomic E-state index is 14.5. The van der Waals surface area contributed by atoms with Crippen molar-refractivity contribution in [1.82, 2.24) is 10.2 Å². The molecular weight excluding hydrogens is 570 g/mol. The van der Waals surface area contributed by atoms with Gasteiger partial charge in [-0.1, -0.05) is 91.3 Å². The van der Waals surface area contributed by atoms with Gasteiger partial charge in [0.15, 0.2) is 0 Å². The molecule has 1 unspecified atom stereocenters. The predicted octanol–water partition coefficient (Wildman–Crippen LogP) is 5.97. The highest BCUT2D eigenvalue weighted by molar-refractivity contribution is 7.92. The van der Waals surface area contributed by atoms with Crippen molar-refractivity contribution in [1.29, 1.82) is 0 Å². The highest BCUT2D eigenvalue weighted by Gasteiger charge is 2.34. The summed E-state index contributed by atoms with van der Waals surface area (Å²) in [6, 6.07) is 30.2. The molecule has 0 aliphatic carbocycles. The summed E-state index contributed by atoms with van der Waals surface area (Å²) in [5, 5.41) is 2.97. The zero-order valence-electron chi connectivity index (χ0n) is 25.9. The molecule has 8 heteroatoms. The Balaban J connectivity index is 1.80. The molecule has 0 fully saturated rings. The number of carbonyl (C=O) groups is 2. The molecule has 4 rings (SSSR count). The molecule has 4 aromatic rings. The molecule has 1 N–H and O–H groups in total. The fourth-order valence-corrected chi connectivity index (χ4v) is 6.56. The normalized spacial score (nSPS) is 11.9. The van der Waals surface area contributed by atoms with E-state index in [0.29, 0.717) is 12.2 Å². The highest BCUT2D eigenvalue weighted by Crippen LogP contribution is 2.27. The Labute approximate surface area is 261 Å². The second-order valence-corrected chi connectivity index (χ2v) is 13.0. The first-order chi connectivity index (χ1) is 21.1. The lowest BCUT2D eigenvalue weighted by atomic mass is 10.0. The molecule has 0 bridgehead atoms. The number of hydrogen-bond acceptors (Lipinski definition) is 4. The van der Waals surface area contributed by atoms with Crippen LogP contribution in [0.2, 0.25) is 0 Å². The Hall–Kier alpha value is -4.43. The molecule has 0 aliphatic heterocycles. The topological polar surface area (TPSA) is 86.8 Å². The van der Waals surface area contributed by atoms with Crippen LogP contribution in [0.15, 0.2) is 108 Å². The number of sulfonamides is 1. The lowest BCUT2D eigenvalue weighted by Crippen LogP contribution is -2.53. The molecule has 7 nitrogen and oxygen atoms in total. The lowest BCUT2D eigenvalue weighted by Gasteiger charge is -2.34. The van der Waals surface area contributed by atoms with Crippen molar-refractivity contribution in [2.75, 3.05) is 17.4 Å². The second-order valence-electron chi connectivity index (χ2n) is 11.2. The number of carbonyl (C=O) groups excluding carboxylic acids is 2. The van der Waals surface area contributed by atoms with Gasteiger partial charge in [-0.05, 0) is 73.7 Å². The van der Waals surface area contributed by atoms with Crippen molar-refractivity contribution in [3.8, 4) is 0 Å². The number of aryl methyl sites for hydroxylation is 3. The van der Waals surface area contributed by atoms with Crippen LogP contribution >= 0.6 is 0 Å². The van der Waals surface area contributed by atoms with Crippen LogP contribution in [0.4, 0.5) is 5.69 Å². The van der Waals surface area contributed by atoms with Crippen molar-refractivity contribution in [3.63, 3.8) is 0 Å². The summed E-state index contributed by atoms with van der Waals surface area (Å²) < 4.78 is 29.6. The minimum absolute atomic E-state index is 0.0891. The third-order valence-electron chi connectivity index (χ3n) is 7.40. The van der Waals surface area contributed by atoms with Gasteiger partial charge < -0.3 is 10.2 Å². The van der Waals surface area contributed by atoms with Crippen LogP contribution < -0.4 is 9.62 Å². The zero-order valence-corrected chi connectivity index (χ0v) is 26.7. The largest absolute Gasteiger partial charge is 0.354 e. The van der Waals surface area contributed by atoms with Gasteiger partial charge in [0, 0.05) is 19.5 Å². The average Bonchev–Trinajstić information content (AvgIpc) is 3.01. The van der Waals surface area contributed by atoms with E-state index in [2.05, 4.69) is 5.32 Å². The van der Waals surface area contributed by atoms with Crippen LogP contribution in [-0.4, -0.2) is 44.3 Å². The molecule has 0 saturated carbocycles. The quantitative estimate of drug-likeness (QED) is 0.202. The number of anilines is 1. The summed E-state index contributed by atoms with van der Waals surface area (Å²) in [7, 11) is -4.14. The van der Waals surface area contributed by atoms with E-state index in [1.165, 1.54) is 9.21 Å². The Kier molecular flexibility index (Phi) is 11.0. The first-order valence-electron chi connectivity index (χ1n) is 14.9. The van der Waals surface area contributed by atoms with Crippen molar-refractivity contribution >= 4 is 27.5 Å². The molecule has 0 saturated heterocycles. The van der Waals surface area contributed by atoms with Crippen LogP contribution in [0.3, 0.4) is 0 Å². The summed E-state index contributed by atoms with van der Waals surface area (Å²) in [6.07, 6.45) is 1.02. The van der Waals surface area contributed by atoms with Gasteiger partial charge >= 0.3 is 0 Å². The van der Waals surface area contributed by atoms with Gasteiger partial charge in [0.2, 0.25) is 11.8 Å². The van der Waals surface area contributed by atoms with Crippen LogP contribution in [0.1, 0.15) is 41.2 Å². The van der Waals surface area contributed by atoms with Gasteiger partial charge in [0.05, 0.1) is 10.6 Å². The number of hydrogen-bond donors (Lipinski definition) is 1. The van der Waals surface area contributed by atoms with Gasteiger partial charge in [-0.3, -0.25) is 13.9 Å². The van der Waals surface area contributed by atoms with Gasteiger partial charge in [-0.2, -0.15) is 0 Å². The van der Waals surface area contributed by atoms with Crippen molar-refractivity contribution in [3.05, 3.63) is 131 Å². The van der Waals surface area contributed by atoms with E-state index in [0.717, 1.165) is 34.2 Å². The smallest absolute Gasteiger partial charge is 0.264 e.